The van der Waals surface area contributed by atoms with E-state index < -0.39 is 5.54 Å². The first-order chi connectivity index (χ1) is 11.0. The number of rotatable bonds is 6. The molecule has 0 aliphatic heterocycles. The molecule has 5 nitrogen and oxygen atoms in total. The average molecular weight is 317 g/mol. The van der Waals surface area contributed by atoms with Crippen LogP contribution >= 0.6 is 0 Å². The van der Waals surface area contributed by atoms with Crippen molar-refractivity contribution in [2.75, 3.05) is 13.1 Å². The van der Waals surface area contributed by atoms with Gasteiger partial charge in [-0.2, -0.15) is 0 Å². The van der Waals surface area contributed by atoms with Crippen LogP contribution in [0.4, 0.5) is 0 Å². The van der Waals surface area contributed by atoms with Gasteiger partial charge in [-0.1, -0.05) is 49.6 Å². The van der Waals surface area contributed by atoms with E-state index in [1.165, 1.54) is 0 Å². The van der Waals surface area contributed by atoms with E-state index in [9.17, 15) is 9.59 Å². The van der Waals surface area contributed by atoms with Crippen LogP contribution in [0.25, 0.3) is 0 Å². The van der Waals surface area contributed by atoms with Crippen molar-refractivity contribution in [1.29, 1.82) is 0 Å². The smallest absolute Gasteiger partial charge is 0.242 e. The maximum absolute atomic E-state index is 12.3. The van der Waals surface area contributed by atoms with Crippen LogP contribution in [0.15, 0.2) is 30.3 Å². The van der Waals surface area contributed by atoms with Gasteiger partial charge in [0.15, 0.2) is 0 Å². The van der Waals surface area contributed by atoms with Crippen LogP contribution in [0.2, 0.25) is 0 Å². The SMILES string of the molecule is CCN(Cc1ccccc1)C(=O)CNC(=O)C1(N)CCCCC1. The maximum Gasteiger partial charge on any atom is 0.242 e. The fourth-order valence-electron chi connectivity index (χ4n) is 3.03. The van der Waals surface area contributed by atoms with Gasteiger partial charge in [-0.05, 0) is 25.3 Å². The van der Waals surface area contributed by atoms with Gasteiger partial charge in [0.2, 0.25) is 11.8 Å². The highest BCUT2D eigenvalue weighted by Crippen LogP contribution is 2.25. The minimum absolute atomic E-state index is 0.0124. The Morgan fingerprint density at radius 2 is 1.83 bits per heavy atom. The van der Waals surface area contributed by atoms with Gasteiger partial charge in [-0.15, -0.1) is 0 Å². The van der Waals surface area contributed by atoms with Gasteiger partial charge in [0.25, 0.3) is 0 Å². The summed E-state index contributed by atoms with van der Waals surface area (Å²) in [7, 11) is 0. The van der Waals surface area contributed by atoms with Crippen molar-refractivity contribution in [3.05, 3.63) is 35.9 Å². The normalized spacial score (nSPS) is 16.6. The number of carbonyl (C=O) groups excluding carboxylic acids is 2. The fourth-order valence-corrected chi connectivity index (χ4v) is 3.03. The van der Waals surface area contributed by atoms with E-state index in [2.05, 4.69) is 5.32 Å². The van der Waals surface area contributed by atoms with Crippen molar-refractivity contribution in [2.24, 2.45) is 5.73 Å². The zero-order chi connectivity index (χ0) is 16.7. The molecule has 1 aromatic rings. The van der Waals surface area contributed by atoms with Crippen molar-refractivity contribution in [3.63, 3.8) is 0 Å². The molecular weight excluding hydrogens is 290 g/mol. The number of amides is 2. The second-order valence-corrected chi connectivity index (χ2v) is 6.29. The lowest BCUT2D eigenvalue weighted by molar-refractivity contribution is -0.135. The molecule has 0 atom stereocenters. The number of hydrogen-bond acceptors (Lipinski definition) is 3. The fraction of sp³-hybridized carbons (Fsp3) is 0.556. The van der Waals surface area contributed by atoms with E-state index in [1.54, 1.807) is 4.90 Å². The number of benzene rings is 1. The molecule has 1 aliphatic carbocycles. The topological polar surface area (TPSA) is 75.4 Å². The van der Waals surface area contributed by atoms with Crippen LogP contribution in [0.5, 0.6) is 0 Å². The van der Waals surface area contributed by atoms with Gasteiger partial charge >= 0.3 is 0 Å². The highest BCUT2D eigenvalue weighted by atomic mass is 16.2. The van der Waals surface area contributed by atoms with Crippen molar-refractivity contribution >= 4 is 11.8 Å². The molecule has 0 bridgehead atoms. The summed E-state index contributed by atoms with van der Waals surface area (Å²) in [5, 5.41) is 2.74. The largest absolute Gasteiger partial charge is 0.345 e. The van der Waals surface area contributed by atoms with E-state index in [-0.39, 0.29) is 18.4 Å². The van der Waals surface area contributed by atoms with E-state index in [0.717, 1.165) is 24.8 Å². The van der Waals surface area contributed by atoms with Gasteiger partial charge in [0, 0.05) is 13.1 Å². The summed E-state index contributed by atoms with van der Waals surface area (Å²) in [4.78, 5) is 26.4. The van der Waals surface area contributed by atoms with Gasteiger partial charge in [0.05, 0.1) is 12.1 Å². The first-order valence-electron chi connectivity index (χ1n) is 8.44. The highest BCUT2D eigenvalue weighted by Gasteiger charge is 2.35. The number of hydrogen-bond donors (Lipinski definition) is 2. The molecule has 1 saturated carbocycles. The summed E-state index contributed by atoms with van der Waals surface area (Å²) in [5.74, 6) is -0.273. The first kappa shape index (κ1) is 17.5. The van der Waals surface area contributed by atoms with Crippen LogP contribution in [-0.4, -0.2) is 35.3 Å². The van der Waals surface area contributed by atoms with Crippen molar-refractivity contribution < 1.29 is 9.59 Å². The Hall–Kier alpha value is -1.88. The Morgan fingerprint density at radius 3 is 2.43 bits per heavy atom. The molecule has 1 aliphatic rings. The number of nitrogens with zero attached hydrogens (tertiary/aromatic N) is 1. The molecule has 3 N–H and O–H groups in total. The van der Waals surface area contributed by atoms with Crippen LogP contribution < -0.4 is 11.1 Å². The molecule has 1 fully saturated rings. The van der Waals surface area contributed by atoms with E-state index in [0.29, 0.717) is 25.9 Å². The predicted molar refractivity (Wildman–Crippen MR) is 90.5 cm³/mol. The van der Waals surface area contributed by atoms with Gasteiger partial charge in [0.1, 0.15) is 0 Å². The number of nitrogens with one attached hydrogen (secondary N) is 1. The van der Waals surface area contributed by atoms with Crippen LogP contribution in [0, 0.1) is 0 Å². The molecule has 0 aromatic heterocycles. The zero-order valence-corrected chi connectivity index (χ0v) is 13.9. The molecule has 2 rings (SSSR count). The minimum Gasteiger partial charge on any atom is -0.345 e. The minimum atomic E-state index is -0.797. The summed E-state index contributed by atoms with van der Waals surface area (Å²) >= 11 is 0. The Morgan fingerprint density at radius 1 is 1.17 bits per heavy atom. The standard InChI is InChI=1S/C18H27N3O2/c1-2-21(14-15-9-5-3-6-10-15)16(22)13-20-17(23)18(19)11-7-4-8-12-18/h3,5-6,9-10H,2,4,7-8,11-14,19H2,1H3,(H,20,23). The van der Waals surface area contributed by atoms with Crippen LogP contribution in [-0.2, 0) is 16.1 Å². The van der Waals surface area contributed by atoms with E-state index in [1.807, 2.05) is 37.3 Å². The third-order valence-electron chi connectivity index (χ3n) is 4.55. The quantitative estimate of drug-likeness (QED) is 0.840. The first-order valence-corrected chi connectivity index (χ1v) is 8.44. The summed E-state index contributed by atoms with van der Waals surface area (Å²) in [6.45, 7) is 3.11. The molecule has 0 radical (unpaired) electrons. The lowest BCUT2D eigenvalue weighted by atomic mass is 9.82. The lowest BCUT2D eigenvalue weighted by Crippen LogP contribution is -2.56. The van der Waals surface area contributed by atoms with Gasteiger partial charge < -0.3 is 16.0 Å². The van der Waals surface area contributed by atoms with Crippen LogP contribution in [0.1, 0.15) is 44.6 Å². The molecule has 23 heavy (non-hydrogen) atoms. The molecule has 2 amide bonds. The molecule has 1 aromatic carbocycles. The molecule has 0 unspecified atom stereocenters. The molecule has 0 heterocycles. The third-order valence-corrected chi connectivity index (χ3v) is 4.55. The van der Waals surface area contributed by atoms with Crippen molar-refractivity contribution in [3.8, 4) is 0 Å². The second-order valence-electron chi connectivity index (χ2n) is 6.29. The summed E-state index contributed by atoms with van der Waals surface area (Å²) in [6, 6.07) is 9.84. The molecule has 0 spiro atoms. The van der Waals surface area contributed by atoms with Gasteiger partial charge in [-0.25, -0.2) is 0 Å². The highest BCUT2D eigenvalue weighted by molar-refractivity contribution is 5.90. The summed E-state index contributed by atoms with van der Waals surface area (Å²) < 4.78 is 0. The van der Waals surface area contributed by atoms with Crippen molar-refractivity contribution in [1.82, 2.24) is 10.2 Å². The Bertz CT molecular complexity index is 524. The number of likely N-dealkylation sites (N-methyl/N-ethyl adjacent to an activating group) is 1. The van der Waals surface area contributed by atoms with Crippen molar-refractivity contribution in [2.45, 2.75) is 51.1 Å². The Kier molecular flexibility index (Phi) is 6.16. The Labute approximate surface area is 138 Å². The zero-order valence-electron chi connectivity index (χ0n) is 13.9. The number of nitrogens with two attached hydrogens (primary N) is 1. The van der Waals surface area contributed by atoms with Gasteiger partial charge in [-0.3, -0.25) is 9.59 Å². The Balaban J connectivity index is 1.86. The van der Waals surface area contributed by atoms with E-state index >= 15 is 0 Å². The number of carbonyl (C=O) groups is 2. The molecular formula is C18H27N3O2. The third kappa shape index (κ3) is 4.79. The summed E-state index contributed by atoms with van der Waals surface area (Å²) in [6.07, 6.45) is 4.49. The predicted octanol–water partition coefficient (Wildman–Crippen LogP) is 1.81. The second kappa shape index (κ2) is 8.11. The average Bonchev–Trinajstić information content (AvgIpc) is 2.58. The lowest BCUT2D eigenvalue weighted by Gasteiger charge is -2.32. The summed E-state index contributed by atoms with van der Waals surface area (Å²) in [5.41, 5.74) is 6.47. The molecule has 5 heteroatoms. The molecule has 0 saturated heterocycles. The molecule has 126 valence electrons. The van der Waals surface area contributed by atoms with E-state index in [4.69, 9.17) is 5.73 Å². The maximum atomic E-state index is 12.3. The van der Waals surface area contributed by atoms with Crippen LogP contribution in [0.3, 0.4) is 0 Å². The monoisotopic (exact) mass is 317 g/mol.